The summed E-state index contributed by atoms with van der Waals surface area (Å²) in [6.07, 6.45) is 0. The zero-order chi connectivity index (χ0) is 16.1. The molecule has 0 aromatic heterocycles. The number of benzene rings is 2. The summed E-state index contributed by atoms with van der Waals surface area (Å²) in [5, 5.41) is 24.6. The minimum atomic E-state index is -0.559. The van der Waals surface area contributed by atoms with E-state index in [0.717, 1.165) is 5.56 Å². The summed E-state index contributed by atoms with van der Waals surface area (Å²) >= 11 is 5.82. The summed E-state index contributed by atoms with van der Waals surface area (Å²) in [7, 11) is 0. The summed E-state index contributed by atoms with van der Waals surface area (Å²) in [4.78, 5) is 10.5. The Bertz CT molecular complexity index is 779. The van der Waals surface area contributed by atoms with Crippen LogP contribution in [0.5, 0.6) is 0 Å². The standard InChI is InChI=1S/C15H11ClN4O2/c1-10(12-3-5-13(16)6-4-12)18-19-14-7-2-11(9-17)8-15(14)20(21)22/h2-8,19H,1H3/b18-10+. The molecule has 0 amide bonds. The lowest BCUT2D eigenvalue weighted by molar-refractivity contribution is -0.384. The van der Waals surface area contributed by atoms with E-state index in [1.807, 2.05) is 6.07 Å². The number of nitrogens with one attached hydrogen (secondary N) is 1. The van der Waals surface area contributed by atoms with Crippen molar-refractivity contribution in [3.05, 3.63) is 68.7 Å². The average molecular weight is 315 g/mol. The predicted octanol–water partition coefficient (Wildman–Crippen LogP) is 3.96. The van der Waals surface area contributed by atoms with Crippen molar-refractivity contribution in [2.45, 2.75) is 6.92 Å². The van der Waals surface area contributed by atoms with E-state index in [-0.39, 0.29) is 16.9 Å². The molecule has 1 N–H and O–H groups in total. The number of hydrogen-bond acceptors (Lipinski definition) is 5. The monoisotopic (exact) mass is 314 g/mol. The highest BCUT2D eigenvalue weighted by Crippen LogP contribution is 2.25. The molecule has 2 aromatic rings. The maximum Gasteiger partial charge on any atom is 0.295 e. The highest BCUT2D eigenvalue weighted by Gasteiger charge is 2.14. The smallest absolute Gasteiger partial charge is 0.271 e. The minimum absolute atomic E-state index is 0.202. The topological polar surface area (TPSA) is 91.3 Å². The minimum Gasteiger partial charge on any atom is -0.271 e. The first kappa shape index (κ1) is 15.5. The zero-order valence-electron chi connectivity index (χ0n) is 11.6. The number of hydrazone groups is 1. The molecule has 22 heavy (non-hydrogen) atoms. The van der Waals surface area contributed by atoms with Gasteiger partial charge in [-0.2, -0.15) is 10.4 Å². The molecular formula is C15H11ClN4O2. The Morgan fingerprint density at radius 1 is 1.32 bits per heavy atom. The molecule has 0 unspecified atom stereocenters. The summed E-state index contributed by atoms with van der Waals surface area (Å²) < 4.78 is 0. The van der Waals surface area contributed by atoms with Crippen molar-refractivity contribution in [1.82, 2.24) is 0 Å². The molecular weight excluding hydrogens is 304 g/mol. The van der Waals surface area contributed by atoms with Crippen LogP contribution in [0.4, 0.5) is 11.4 Å². The number of halogens is 1. The van der Waals surface area contributed by atoms with E-state index in [0.29, 0.717) is 10.7 Å². The Morgan fingerprint density at radius 3 is 2.59 bits per heavy atom. The quantitative estimate of drug-likeness (QED) is 0.525. The fraction of sp³-hybridized carbons (Fsp3) is 0.0667. The van der Waals surface area contributed by atoms with Gasteiger partial charge in [-0.05, 0) is 36.8 Å². The number of nitriles is 1. The maximum atomic E-state index is 11.0. The van der Waals surface area contributed by atoms with Crippen molar-refractivity contribution in [3.63, 3.8) is 0 Å². The highest BCUT2D eigenvalue weighted by atomic mass is 35.5. The first-order chi connectivity index (χ1) is 10.5. The van der Waals surface area contributed by atoms with E-state index in [2.05, 4.69) is 10.5 Å². The van der Waals surface area contributed by atoms with Crippen molar-refractivity contribution in [2.75, 3.05) is 5.43 Å². The van der Waals surface area contributed by atoms with Gasteiger partial charge in [0.2, 0.25) is 0 Å². The third-order valence-corrected chi connectivity index (χ3v) is 3.18. The van der Waals surface area contributed by atoms with Crippen LogP contribution in [-0.4, -0.2) is 10.6 Å². The first-order valence-corrected chi connectivity index (χ1v) is 6.64. The van der Waals surface area contributed by atoms with E-state index in [1.165, 1.54) is 18.2 Å². The van der Waals surface area contributed by atoms with Gasteiger partial charge in [0.05, 0.1) is 22.3 Å². The lowest BCUT2D eigenvalue weighted by atomic mass is 10.1. The van der Waals surface area contributed by atoms with Crippen LogP contribution in [0.1, 0.15) is 18.1 Å². The van der Waals surface area contributed by atoms with Gasteiger partial charge in [0.15, 0.2) is 0 Å². The Labute approximate surface area is 131 Å². The second kappa shape index (κ2) is 6.70. The van der Waals surface area contributed by atoms with Gasteiger partial charge in [0.25, 0.3) is 5.69 Å². The van der Waals surface area contributed by atoms with Crippen LogP contribution < -0.4 is 5.43 Å². The molecule has 0 fully saturated rings. The molecule has 0 spiro atoms. The maximum absolute atomic E-state index is 11.0. The highest BCUT2D eigenvalue weighted by molar-refractivity contribution is 6.30. The van der Waals surface area contributed by atoms with Crippen LogP contribution in [0, 0.1) is 21.4 Å². The second-order valence-electron chi connectivity index (χ2n) is 4.42. The summed E-state index contributed by atoms with van der Waals surface area (Å²) in [5.74, 6) is 0. The molecule has 7 heteroatoms. The Balaban J connectivity index is 2.27. The second-order valence-corrected chi connectivity index (χ2v) is 4.85. The molecule has 0 radical (unpaired) electrons. The Hall–Kier alpha value is -2.91. The normalized spacial score (nSPS) is 10.9. The van der Waals surface area contributed by atoms with Gasteiger partial charge >= 0.3 is 0 Å². The lowest BCUT2D eigenvalue weighted by Gasteiger charge is -2.05. The molecule has 2 aromatic carbocycles. The molecule has 0 aliphatic carbocycles. The van der Waals surface area contributed by atoms with Crippen molar-refractivity contribution in [1.29, 1.82) is 5.26 Å². The molecule has 0 heterocycles. The van der Waals surface area contributed by atoms with Crippen molar-refractivity contribution < 1.29 is 4.92 Å². The third kappa shape index (κ3) is 3.59. The van der Waals surface area contributed by atoms with E-state index in [4.69, 9.17) is 16.9 Å². The van der Waals surface area contributed by atoms with E-state index >= 15 is 0 Å². The molecule has 6 nitrogen and oxygen atoms in total. The number of nitro groups is 1. The molecule has 0 bridgehead atoms. The van der Waals surface area contributed by atoms with E-state index in [9.17, 15) is 10.1 Å². The van der Waals surface area contributed by atoms with Crippen LogP contribution in [0.2, 0.25) is 5.02 Å². The van der Waals surface area contributed by atoms with E-state index in [1.54, 1.807) is 31.2 Å². The zero-order valence-corrected chi connectivity index (χ0v) is 12.3. The first-order valence-electron chi connectivity index (χ1n) is 6.26. The Morgan fingerprint density at radius 2 is 2.00 bits per heavy atom. The molecule has 0 saturated carbocycles. The molecule has 0 aliphatic rings. The fourth-order valence-corrected chi connectivity index (χ4v) is 1.87. The van der Waals surface area contributed by atoms with Crippen LogP contribution in [0.3, 0.4) is 0 Å². The van der Waals surface area contributed by atoms with Crippen LogP contribution in [-0.2, 0) is 0 Å². The summed E-state index contributed by atoms with van der Waals surface area (Å²) in [5.41, 5.74) is 4.39. The predicted molar refractivity (Wildman–Crippen MR) is 85.1 cm³/mol. The molecule has 0 aliphatic heterocycles. The van der Waals surface area contributed by atoms with Gasteiger partial charge in [-0.1, -0.05) is 23.7 Å². The van der Waals surface area contributed by atoms with Gasteiger partial charge in [-0.15, -0.1) is 0 Å². The number of nitrogens with zero attached hydrogens (tertiary/aromatic N) is 3. The largest absolute Gasteiger partial charge is 0.295 e. The molecule has 110 valence electrons. The molecule has 0 saturated heterocycles. The molecule has 0 atom stereocenters. The average Bonchev–Trinajstić information content (AvgIpc) is 2.53. The van der Waals surface area contributed by atoms with Gasteiger partial charge in [-0.3, -0.25) is 15.5 Å². The number of hydrogen-bond donors (Lipinski definition) is 1. The lowest BCUT2D eigenvalue weighted by Crippen LogP contribution is -2.02. The fourth-order valence-electron chi connectivity index (χ4n) is 1.75. The van der Waals surface area contributed by atoms with Crippen LogP contribution >= 0.6 is 11.6 Å². The summed E-state index contributed by atoms with van der Waals surface area (Å²) in [6.45, 7) is 1.77. The van der Waals surface area contributed by atoms with Gasteiger partial charge in [0, 0.05) is 11.1 Å². The van der Waals surface area contributed by atoms with Crippen LogP contribution in [0.25, 0.3) is 0 Å². The van der Waals surface area contributed by atoms with Crippen LogP contribution in [0.15, 0.2) is 47.6 Å². The Kier molecular flexibility index (Phi) is 4.71. The van der Waals surface area contributed by atoms with E-state index < -0.39 is 4.92 Å². The van der Waals surface area contributed by atoms with Gasteiger partial charge in [0.1, 0.15) is 5.69 Å². The number of rotatable bonds is 4. The summed E-state index contributed by atoms with van der Waals surface area (Å²) in [6, 6.07) is 13.1. The third-order valence-electron chi connectivity index (χ3n) is 2.93. The molecule has 2 rings (SSSR count). The van der Waals surface area contributed by atoms with Gasteiger partial charge in [-0.25, -0.2) is 0 Å². The SMILES string of the molecule is C/C(=N\Nc1ccc(C#N)cc1[N+](=O)[O-])c1ccc(Cl)cc1. The van der Waals surface area contributed by atoms with Crippen molar-refractivity contribution in [2.24, 2.45) is 5.10 Å². The number of anilines is 1. The van der Waals surface area contributed by atoms with Crippen molar-refractivity contribution in [3.8, 4) is 6.07 Å². The van der Waals surface area contributed by atoms with Gasteiger partial charge < -0.3 is 0 Å². The van der Waals surface area contributed by atoms with Crippen molar-refractivity contribution >= 4 is 28.7 Å². The number of nitro benzene ring substituents is 1.